The van der Waals surface area contributed by atoms with Gasteiger partial charge in [-0.25, -0.2) is 12.7 Å². The third kappa shape index (κ3) is 8.61. The number of rotatable bonds is 14. The van der Waals surface area contributed by atoms with Crippen molar-refractivity contribution in [1.29, 1.82) is 0 Å². The van der Waals surface area contributed by atoms with Gasteiger partial charge in [0.25, 0.3) is 5.91 Å². The minimum absolute atomic E-state index is 0. The largest absolute Gasteiger partial charge is 0.343 e. The van der Waals surface area contributed by atoms with E-state index in [-0.39, 0.29) is 55.0 Å². The number of carbonyl (C=O) groups is 2. The van der Waals surface area contributed by atoms with Gasteiger partial charge in [0.2, 0.25) is 15.9 Å². The molecule has 0 unspecified atom stereocenters. The van der Waals surface area contributed by atoms with Crippen molar-refractivity contribution in [3.63, 3.8) is 0 Å². The number of carbonyl (C=O) groups excluding carboxylic acids is 2. The summed E-state index contributed by atoms with van der Waals surface area (Å²) in [5.41, 5.74) is 4.92. The van der Waals surface area contributed by atoms with E-state index in [1.165, 1.54) is 12.0 Å². The number of nitrogens with zero attached hydrogens (tertiary/aromatic N) is 3. The lowest BCUT2D eigenvalue weighted by Crippen LogP contribution is -2.38. The number of hydrogen-bond donors (Lipinski definition) is 1. The van der Waals surface area contributed by atoms with Crippen LogP contribution >= 0.6 is 24.0 Å². The van der Waals surface area contributed by atoms with E-state index in [2.05, 4.69) is 17.4 Å². The Morgan fingerprint density at radius 2 is 1.62 bits per heavy atom. The zero-order chi connectivity index (χ0) is 33.4. The van der Waals surface area contributed by atoms with Crippen LogP contribution in [0.2, 0.25) is 0 Å². The Morgan fingerprint density at radius 1 is 0.958 bits per heavy atom. The van der Waals surface area contributed by atoms with Gasteiger partial charge in [0.1, 0.15) is 6.54 Å². The predicted octanol–water partition coefficient (Wildman–Crippen LogP) is 7.06. The van der Waals surface area contributed by atoms with Crippen LogP contribution in [0.3, 0.4) is 0 Å². The molecule has 1 aliphatic rings. The second-order valence-corrected chi connectivity index (χ2v) is 14.7. The molecule has 4 aromatic rings. The molecular weight excluding hydrogens is 667 g/mol. The maximum atomic E-state index is 14.2. The van der Waals surface area contributed by atoms with Crippen molar-refractivity contribution in [3.8, 4) is 11.3 Å². The van der Waals surface area contributed by atoms with Crippen LogP contribution in [0.25, 0.3) is 22.2 Å². The fraction of sp³-hybridized carbons (Fsp3) is 0.405. The van der Waals surface area contributed by atoms with Crippen molar-refractivity contribution in [2.75, 3.05) is 38.8 Å². The Bertz CT molecular complexity index is 1780. The first-order valence-electron chi connectivity index (χ1n) is 16.5. The lowest BCUT2D eigenvalue weighted by Gasteiger charge is -2.24. The summed E-state index contributed by atoms with van der Waals surface area (Å²) in [7, 11) is -0.308. The van der Waals surface area contributed by atoms with Crippen LogP contribution in [0.5, 0.6) is 0 Å². The van der Waals surface area contributed by atoms with Crippen molar-refractivity contribution in [2.24, 2.45) is 0 Å². The second kappa shape index (κ2) is 17.3. The van der Waals surface area contributed by atoms with Crippen molar-refractivity contribution in [2.45, 2.75) is 57.5 Å². The molecule has 0 radical (unpaired) electrons. The third-order valence-corrected chi connectivity index (χ3v) is 11.1. The van der Waals surface area contributed by atoms with Gasteiger partial charge in [-0.15, -0.1) is 24.0 Å². The van der Waals surface area contributed by atoms with Crippen molar-refractivity contribution < 1.29 is 18.0 Å². The third-order valence-electron chi connectivity index (χ3n) is 9.09. The summed E-state index contributed by atoms with van der Waals surface area (Å²) in [6.07, 6.45) is 5.83. The Hall–Kier alpha value is -3.37. The highest BCUT2D eigenvalue weighted by Crippen LogP contribution is 2.44. The van der Waals surface area contributed by atoms with Gasteiger partial charge in [-0.1, -0.05) is 86.0 Å². The van der Waals surface area contributed by atoms with E-state index in [0.717, 1.165) is 52.1 Å². The van der Waals surface area contributed by atoms with Crippen LogP contribution in [-0.4, -0.2) is 72.8 Å². The number of likely N-dealkylation sites (N-methyl/N-ethyl adjacent to an activating group) is 2. The lowest BCUT2D eigenvalue weighted by molar-refractivity contribution is -0.130. The highest BCUT2D eigenvalue weighted by Gasteiger charge is 2.31. The van der Waals surface area contributed by atoms with Crippen LogP contribution in [-0.2, 0) is 27.9 Å². The van der Waals surface area contributed by atoms with Crippen molar-refractivity contribution >= 4 is 56.7 Å². The van der Waals surface area contributed by atoms with E-state index in [9.17, 15) is 18.0 Å². The maximum absolute atomic E-state index is 14.2. The van der Waals surface area contributed by atoms with Gasteiger partial charge in [0.05, 0.1) is 23.5 Å². The summed E-state index contributed by atoms with van der Waals surface area (Å²) in [5.74, 6) is -0.390. The molecule has 0 bridgehead atoms. The van der Waals surface area contributed by atoms with Crippen LogP contribution in [0, 0.1) is 0 Å². The average Bonchev–Trinajstić information content (AvgIpc) is 3.42. The summed E-state index contributed by atoms with van der Waals surface area (Å²) < 4.78 is 30.2. The fourth-order valence-corrected chi connectivity index (χ4v) is 8.31. The number of alkyl halides is 1. The van der Waals surface area contributed by atoms with Gasteiger partial charge in [-0.2, -0.15) is 0 Å². The summed E-state index contributed by atoms with van der Waals surface area (Å²) in [5, 5.41) is 4.10. The number of benzene rings is 3. The number of amides is 2. The topological polar surface area (TPSA) is 91.7 Å². The Morgan fingerprint density at radius 3 is 2.27 bits per heavy atom. The molecule has 1 heterocycles. The van der Waals surface area contributed by atoms with Crippen LogP contribution in [0.4, 0.5) is 0 Å². The molecule has 2 amide bonds. The average molecular weight is 714 g/mol. The van der Waals surface area contributed by atoms with Gasteiger partial charge < -0.3 is 14.8 Å². The van der Waals surface area contributed by atoms with E-state index >= 15 is 0 Å². The zero-order valence-electron chi connectivity index (χ0n) is 27.7. The summed E-state index contributed by atoms with van der Waals surface area (Å²) in [6, 6.07) is 24.7. The predicted molar refractivity (Wildman–Crippen MR) is 197 cm³/mol. The number of nitrogens with one attached hydrogen (secondary N) is 1. The van der Waals surface area contributed by atoms with E-state index < -0.39 is 15.9 Å². The monoisotopic (exact) mass is 712 g/mol. The number of fused-ring (bicyclic) bond motifs is 1. The molecule has 8 nitrogen and oxygen atoms in total. The van der Waals surface area contributed by atoms with Crippen LogP contribution < -0.4 is 5.32 Å². The Kier molecular flexibility index (Phi) is 13.5. The number of hydrogen-bond acceptors (Lipinski definition) is 5. The molecule has 1 saturated carbocycles. The normalized spacial score (nSPS) is 13.6. The standard InChI is InChI=1S/C37H45ClN4O4S.ClH/c1-39-22-23-40(2)34(43)27-41-33-25-31(37(44)42(47(45,46)24-12-21-38)26-28-13-6-3-7-14-28)19-20-32(33)35(29-15-8-4-9-16-29)36(41)30-17-10-5-11-18-30;/h3,5-7,10-11,13-14,17-20,25,29,39H,4,8-9,12,15-16,21-24,26-27H2,1-2H3;1H. The van der Waals surface area contributed by atoms with E-state index in [1.54, 1.807) is 24.1 Å². The quantitative estimate of drug-likeness (QED) is 0.142. The second-order valence-electron chi connectivity index (χ2n) is 12.4. The maximum Gasteiger partial charge on any atom is 0.267 e. The molecule has 1 aromatic heterocycles. The molecule has 1 aliphatic carbocycles. The number of halogens is 2. The van der Waals surface area contributed by atoms with Gasteiger partial charge in [-0.3, -0.25) is 9.59 Å². The highest BCUT2D eigenvalue weighted by molar-refractivity contribution is 7.89. The van der Waals surface area contributed by atoms with Crippen LogP contribution in [0.1, 0.15) is 65.9 Å². The first-order chi connectivity index (χ1) is 22.7. The zero-order valence-corrected chi connectivity index (χ0v) is 30.1. The fourth-order valence-electron chi connectivity index (χ4n) is 6.58. The minimum Gasteiger partial charge on any atom is -0.343 e. The van der Waals surface area contributed by atoms with Crippen molar-refractivity contribution in [3.05, 3.63) is 95.6 Å². The molecule has 0 atom stereocenters. The Labute approximate surface area is 295 Å². The molecule has 5 rings (SSSR count). The highest BCUT2D eigenvalue weighted by atomic mass is 35.5. The molecule has 0 spiro atoms. The summed E-state index contributed by atoms with van der Waals surface area (Å²) in [4.78, 5) is 29.7. The molecule has 3 aromatic carbocycles. The SMILES string of the molecule is CNCCN(C)C(=O)Cn1c(-c2ccccc2)c(C2CCCCC2)c2ccc(C(=O)N(Cc3ccccc3)S(=O)(=O)CCCCl)cc21.Cl. The summed E-state index contributed by atoms with van der Waals surface area (Å²) >= 11 is 5.87. The van der Waals surface area contributed by atoms with Gasteiger partial charge >= 0.3 is 0 Å². The van der Waals surface area contributed by atoms with Gasteiger partial charge in [-0.05, 0) is 61.1 Å². The van der Waals surface area contributed by atoms with E-state index in [1.807, 2.05) is 66.2 Å². The van der Waals surface area contributed by atoms with Crippen LogP contribution in [0.15, 0.2) is 78.9 Å². The van der Waals surface area contributed by atoms with E-state index in [0.29, 0.717) is 24.6 Å². The first-order valence-corrected chi connectivity index (χ1v) is 18.6. The molecule has 48 heavy (non-hydrogen) atoms. The molecule has 1 N–H and O–H groups in total. The molecule has 1 fully saturated rings. The summed E-state index contributed by atoms with van der Waals surface area (Å²) in [6.45, 7) is 1.23. The molecular formula is C37H46Cl2N4O4S. The van der Waals surface area contributed by atoms with Gasteiger partial charge in [0, 0.05) is 37.0 Å². The smallest absolute Gasteiger partial charge is 0.267 e. The van der Waals surface area contributed by atoms with Crippen molar-refractivity contribution in [1.82, 2.24) is 19.1 Å². The molecule has 258 valence electrons. The number of aromatic nitrogens is 1. The molecule has 11 heteroatoms. The van der Waals surface area contributed by atoms with Gasteiger partial charge in [0.15, 0.2) is 0 Å². The molecule has 0 aliphatic heterocycles. The lowest BCUT2D eigenvalue weighted by atomic mass is 9.82. The number of sulfonamides is 1. The Balaban J connectivity index is 0.00000520. The minimum atomic E-state index is -3.97. The first kappa shape index (κ1) is 37.4. The van der Waals surface area contributed by atoms with E-state index in [4.69, 9.17) is 11.6 Å². The molecule has 0 saturated heterocycles.